The van der Waals surface area contributed by atoms with Crippen molar-refractivity contribution in [1.82, 2.24) is 19.9 Å². The zero-order valence-corrected chi connectivity index (χ0v) is 12.8. The highest BCUT2D eigenvalue weighted by Crippen LogP contribution is 2.31. The second kappa shape index (κ2) is 5.54. The van der Waals surface area contributed by atoms with Gasteiger partial charge in [0.25, 0.3) is 0 Å². The Hall–Kier alpha value is -2.20. The van der Waals surface area contributed by atoms with Crippen LogP contribution in [0.4, 0.5) is 0 Å². The number of aryl methyl sites for hydroxylation is 1. The van der Waals surface area contributed by atoms with Gasteiger partial charge in [-0.2, -0.15) is 0 Å². The fourth-order valence-electron chi connectivity index (χ4n) is 3.27. The monoisotopic (exact) mass is 292 g/mol. The number of hydrogen-bond donors (Lipinski definition) is 1. The Balaban J connectivity index is 1.94. The van der Waals surface area contributed by atoms with Gasteiger partial charge in [-0.25, -0.2) is 9.97 Å². The molecule has 1 saturated heterocycles. The molecule has 1 aromatic carbocycles. The number of aromatic nitrogens is 3. The fraction of sp³-hybridized carbons (Fsp3) is 0.333. The van der Waals surface area contributed by atoms with Crippen LogP contribution in [0.15, 0.2) is 42.5 Å². The fourth-order valence-corrected chi connectivity index (χ4v) is 3.27. The summed E-state index contributed by atoms with van der Waals surface area (Å²) in [5, 5.41) is 3.44. The van der Waals surface area contributed by atoms with E-state index in [9.17, 15) is 0 Å². The third-order valence-electron chi connectivity index (χ3n) is 4.38. The summed E-state index contributed by atoms with van der Waals surface area (Å²) in [5.74, 6) is 1.04. The van der Waals surface area contributed by atoms with Crippen molar-refractivity contribution in [3.63, 3.8) is 0 Å². The van der Waals surface area contributed by atoms with Gasteiger partial charge in [0.2, 0.25) is 0 Å². The molecular weight excluding hydrogens is 272 g/mol. The first-order chi connectivity index (χ1) is 10.8. The lowest BCUT2D eigenvalue weighted by Crippen LogP contribution is -2.29. The smallest absolute Gasteiger partial charge is 0.160 e. The van der Waals surface area contributed by atoms with Crippen LogP contribution < -0.4 is 5.32 Å². The van der Waals surface area contributed by atoms with Gasteiger partial charge in [-0.15, -0.1) is 0 Å². The van der Waals surface area contributed by atoms with Crippen LogP contribution in [0, 0.1) is 6.92 Å². The van der Waals surface area contributed by atoms with E-state index in [1.165, 1.54) is 0 Å². The Morgan fingerprint density at radius 3 is 2.55 bits per heavy atom. The molecular formula is C18H20N4. The maximum absolute atomic E-state index is 4.88. The normalized spacial score (nSPS) is 16.2. The SMILES string of the molecule is Cc1ccc2nc(-c3ccccc3)n(C3CCNCC3)c2n1. The number of piperidine rings is 1. The molecule has 0 amide bonds. The lowest BCUT2D eigenvalue weighted by Gasteiger charge is -2.26. The highest BCUT2D eigenvalue weighted by Gasteiger charge is 2.22. The molecule has 0 saturated carbocycles. The van der Waals surface area contributed by atoms with Gasteiger partial charge in [-0.05, 0) is 45.0 Å². The van der Waals surface area contributed by atoms with E-state index in [4.69, 9.17) is 9.97 Å². The van der Waals surface area contributed by atoms with Crippen molar-refractivity contribution in [2.24, 2.45) is 0 Å². The van der Waals surface area contributed by atoms with Crippen LogP contribution in [-0.4, -0.2) is 27.6 Å². The number of hydrogen-bond acceptors (Lipinski definition) is 3. The number of fused-ring (bicyclic) bond motifs is 1. The first-order valence-electron chi connectivity index (χ1n) is 7.94. The maximum Gasteiger partial charge on any atom is 0.160 e. The van der Waals surface area contributed by atoms with E-state index in [0.717, 1.165) is 54.2 Å². The highest BCUT2D eigenvalue weighted by atomic mass is 15.2. The van der Waals surface area contributed by atoms with E-state index in [0.29, 0.717) is 6.04 Å². The average molecular weight is 292 g/mol. The van der Waals surface area contributed by atoms with Crippen molar-refractivity contribution in [1.29, 1.82) is 0 Å². The maximum atomic E-state index is 4.88. The number of imidazole rings is 1. The van der Waals surface area contributed by atoms with Gasteiger partial charge in [0.1, 0.15) is 11.3 Å². The van der Waals surface area contributed by atoms with Gasteiger partial charge < -0.3 is 9.88 Å². The van der Waals surface area contributed by atoms with Crippen molar-refractivity contribution < 1.29 is 0 Å². The summed E-state index contributed by atoms with van der Waals surface area (Å²) in [6, 6.07) is 15.0. The summed E-state index contributed by atoms with van der Waals surface area (Å²) in [4.78, 5) is 9.66. The molecule has 0 radical (unpaired) electrons. The molecule has 2 aromatic heterocycles. The molecule has 4 heteroatoms. The molecule has 4 rings (SSSR count). The van der Waals surface area contributed by atoms with Crippen molar-refractivity contribution in [2.45, 2.75) is 25.8 Å². The van der Waals surface area contributed by atoms with E-state index < -0.39 is 0 Å². The highest BCUT2D eigenvalue weighted by molar-refractivity contribution is 5.77. The van der Waals surface area contributed by atoms with Gasteiger partial charge in [-0.1, -0.05) is 30.3 Å². The molecule has 1 aliphatic rings. The van der Waals surface area contributed by atoms with Crippen LogP contribution in [-0.2, 0) is 0 Å². The molecule has 1 fully saturated rings. The summed E-state index contributed by atoms with van der Waals surface area (Å²) >= 11 is 0. The van der Waals surface area contributed by atoms with Gasteiger partial charge >= 0.3 is 0 Å². The second-order valence-electron chi connectivity index (χ2n) is 5.95. The van der Waals surface area contributed by atoms with E-state index in [-0.39, 0.29) is 0 Å². The summed E-state index contributed by atoms with van der Waals surface area (Å²) in [6.07, 6.45) is 2.25. The Labute approximate surface area is 130 Å². The van der Waals surface area contributed by atoms with E-state index in [2.05, 4.69) is 40.2 Å². The molecule has 1 aliphatic heterocycles. The molecule has 3 aromatic rings. The molecule has 0 atom stereocenters. The molecule has 1 N–H and O–H groups in total. The third-order valence-corrected chi connectivity index (χ3v) is 4.38. The summed E-state index contributed by atoms with van der Waals surface area (Å²) < 4.78 is 2.36. The lowest BCUT2D eigenvalue weighted by atomic mass is 10.1. The molecule has 0 spiro atoms. The molecule has 0 bridgehead atoms. The van der Waals surface area contributed by atoms with Crippen LogP contribution >= 0.6 is 0 Å². The predicted molar refractivity (Wildman–Crippen MR) is 88.8 cm³/mol. The standard InChI is InChI=1S/C18H20N4/c1-13-7-8-16-18(20-13)22(15-9-11-19-12-10-15)17(21-16)14-5-3-2-4-6-14/h2-8,15,19H,9-12H2,1H3. The van der Waals surface area contributed by atoms with Gasteiger partial charge in [0.15, 0.2) is 5.65 Å². The average Bonchev–Trinajstić information content (AvgIpc) is 2.95. The Bertz CT molecular complexity index is 785. The van der Waals surface area contributed by atoms with Crippen molar-refractivity contribution in [3.8, 4) is 11.4 Å². The minimum Gasteiger partial charge on any atom is -0.317 e. The number of nitrogens with one attached hydrogen (secondary N) is 1. The minimum absolute atomic E-state index is 0.468. The van der Waals surface area contributed by atoms with Crippen LogP contribution in [0.3, 0.4) is 0 Å². The van der Waals surface area contributed by atoms with Gasteiger partial charge in [0.05, 0.1) is 0 Å². The van der Waals surface area contributed by atoms with Crippen LogP contribution in [0.1, 0.15) is 24.6 Å². The van der Waals surface area contributed by atoms with E-state index in [1.54, 1.807) is 0 Å². The van der Waals surface area contributed by atoms with E-state index >= 15 is 0 Å². The molecule has 0 aliphatic carbocycles. The van der Waals surface area contributed by atoms with Crippen molar-refractivity contribution in [2.75, 3.05) is 13.1 Å². The van der Waals surface area contributed by atoms with Gasteiger partial charge in [0, 0.05) is 17.3 Å². The number of rotatable bonds is 2. The van der Waals surface area contributed by atoms with Crippen LogP contribution in [0.2, 0.25) is 0 Å². The number of benzene rings is 1. The first kappa shape index (κ1) is 13.5. The summed E-state index contributed by atoms with van der Waals surface area (Å²) in [5.41, 5.74) is 4.22. The topological polar surface area (TPSA) is 42.7 Å². The Morgan fingerprint density at radius 2 is 1.77 bits per heavy atom. The minimum atomic E-state index is 0.468. The molecule has 4 nitrogen and oxygen atoms in total. The predicted octanol–water partition coefficient (Wildman–Crippen LogP) is 3.33. The molecule has 22 heavy (non-hydrogen) atoms. The van der Waals surface area contributed by atoms with E-state index in [1.807, 2.05) is 19.1 Å². The van der Waals surface area contributed by atoms with Crippen LogP contribution in [0.25, 0.3) is 22.6 Å². The molecule has 0 unspecified atom stereocenters. The first-order valence-corrected chi connectivity index (χ1v) is 7.94. The summed E-state index contributed by atoms with van der Waals surface area (Å²) in [6.45, 7) is 4.16. The van der Waals surface area contributed by atoms with Gasteiger partial charge in [-0.3, -0.25) is 0 Å². The summed E-state index contributed by atoms with van der Waals surface area (Å²) in [7, 11) is 0. The quantitative estimate of drug-likeness (QED) is 0.788. The Morgan fingerprint density at radius 1 is 1.00 bits per heavy atom. The van der Waals surface area contributed by atoms with Crippen molar-refractivity contribution >= 4 is 11.2 Å². The lowest BCUT2D eigenvalue weighted by molar-refractivity contribution is 0.376. The number of pyridine rings is 1. The zero-order chi connectivity index (χ0) is 14.9. The second-order valence-corrected chi connectivity index (χ2v) is 5.95. The Kier molecular flexibility index (Phi) is 3.39. The van der Waals surface area contributed by atoms with Crippen LogP contribution in [0.5, 0.6) is 0 Å². The number of nitrogens with zero attached hydrogens (tertiary/aromatic N) is 3. The molecule has 3 heterocycles. The largest absolute Gasteiger partial charge is 0.317 e. The zero-order valence-electron chi connectivity index (χ0n) is 12.8. The van der Waals surface area contributed by atoms with Crippen molar-refractivity contribution in [3.05, 3.63) is 48.2 Å². The third kappa shape index (κ3) is 2.29. The molecule has 112 valence electrons.